The van der Waals surface area contributed by atoms with Gasteiger partial charge in [-0.15, -0.1) is 24.0 Å². The summed E-state index contributed by atoms with van der Waals surface area (Å²) < 4.78 is 7.61. The summed E-state index contributed by atoms with van der Waals surface area (Å²) >= 11 is 0. The van der Waals surface area contributed by atoms with Gasteiger partial charge in [0.25, 0.3) is 0 Å². The number of ether oxygens (including phenoxy) is 1. The van der Waals surface area contributed by atoms with Crippen molar-refractivity contribution in [2.75, 3.05) is 13.2 Å². The molecular weight excluding hydrogens is 453 g/mol. The lowest BCUT2D eigenvalue weighted by Crippen LogP contribution is -2.37. The number of rotatable bonds is 8. The molecule has 0 unspecified atom stereocenters. The van der Waals surface area contributed by atoms with Gasteiger partial charge in [-0.3, -0.25) is 4.68 Å². The second-order valence-electron chi connectivity index (χ2n) is 6.03. The molecule has 6 nitrogen and oxygen atoms in total. The zero-order valence-corrected chi connectivity index (χ0v) is 18.9. The van der Waals surface area contributed by atoms with E-state index in [0.717, 1.165) is 35.2 Å². The van der Waals surface area contributed by atoms with Crippen molar-refractivity contribution in [2.24, 2.45) is 12.0 Å². The topological polar surface area (TPSA) is 63.5 Å². The lowest BCUT2D eigenvalue weighted by atomic mass is 10.2. The van der Waals surface area contributed by atoms with Gasteiger partial charge in [-0.1, -0.05) is 30.9 Å². The number of hydrogen-bond donors (Lipinski definition) is 2. The van der Waals surface area contributed by atoms with Crippen molar-refractivity contribution in [1.82, 2.24) is 20.4 Å². The monoisotopic (exact) mass is 483 g/mol. The van der Waals surface area contributed by atoms with Gasteiger partial charge in [0, 0.05) is 37.0 Å². The number of nitrogens with one attached hydrogen (secondary N) is 2. The van der Waals surface area contributed by atoms with Crippen LogP contribution >= 0.6 is 24.0 Å². The Bertz CT molecular complexity index is 770. The fourth-order valence-corrected chi connectivity index (χ4v) is 2.68. The number of aryl methyl sites for hydroxylation is 2. The Morgan fingerprint density at radius 2 is 2.04 bits per heavy atom. The molecule has 2 N–H and O–H groups in total. The van der Waals surface area contributed by atoms with E-state index in [9.17, 15) is 0 Å². The Hall–Kier alpha value is -2.03. The number of aromatic nitrogens is 2. The average Bonchev–Trinajstić information content (AvgIpc) is 2.88. The van der Waals surface area contributed by atoms with Crippen LogP contribution in [-0.2, 0) is 20.1 Å². The highest BCUT2D eigenvalue weighted by Crippen LogP contribution is 2.19. The highest BCUT2D eigenvalue weighted by atomic mass is 127. The quantitative estimate of drug-likeness (QED) is 0.261. The first-order chi connectivity index (χ1) is 12.6. The fourth-order valence-electron chi connectivity index (χ4n) is 2.68. The van der Waals surface area contributed by atoms with Gasteiger partial charge < -0.3 is 15.4 Å². The van der Waals surface area contributed by atoms with Gasteiger partial charge in [0.1, 0.15) is 12.4 Å². The van der Waals surface area contributed by atoms with Crippen LogP contribution in [0, 0.1) is 13.8 Å². The molecule has 0 saturated carbocycles. The Kier molecular flexibility index (Phi) is 9.92. The summed E-state index contributed by atoms with van der Waals surface area (Å²) in [5.74, 6) is 1.61. The normalized spacial score (nSPS) is 10.9. The minimum atomic E-state index is 0. The van der Waals surface area contributed by atoms with E-state index < -0.39 is 0 Å². The molecule has 1 aromatic carbocycles. The van der Waals surface area contributed by atoms with Crippen LogP contribution in [0.2, 0.25) is 0 Å². The molecule has 0 saturated heterocycles. The predicted octanol–water partition coefficient (Wildman–Crippen LogP) is 3.48. The average molecular weight is 483 g/mol. The van der Waals surface area contributed by atoms with E-state index in [1.807, 2.05) is 42.9 Å². The van der Waals surface area contributed by atoms with Gasteiger partial charge in [-0.25, -0.2) is 4.99 Å². The molecule has 148 valence electrons. The summed E-state index contributed by atoms with van der Waals surface area (Å²) in [6, 6.07) is 7.94. The maximum atomic E-state index is 5.70. The van der Waals surface area contributed by atoms with Crippen LogP contribution < -0.4 is 15.4 Å². The summed E-state index contributed by atoms with van der Waals surface area (Å²) in [6.45, 7) is 12.4. The van der Waals surface area contributed by atoms with E-state index >= 15 is 0 Å². The van der Waals surface area contributed by atoms with Gasteiger partial charge in [0.05, 0.1) is 12.2 Å². The predicted molar refractivity (Wildman–Crippen MR) is 122 cm³/mol. The maximum Gasteiger partial charge on any atom is 0.191 e. The Balaban J connectivity index is 0.00000364. The molecule has 2 rings (SSSR count). The van der Waals surface area contributed by atoms with Crippen molar-refractivity contribution >= 4 is 29.9 Å². The molecule has 0 aliphatic heterocycles. The summed E-state index contributed by atoms with van der Waals surface area (Å²) in [5.41, 5.74) is 4.44. The first-order valence-electron chi connectivity index (χ1n) is 8.89. The fraction of sp³-hybridized carbons (Fsp3) is 0.400. The van der Waals surface area contributed by atoms with Gasteiger partial charge >= 0.3 is 0 Å². The molecule has 0 radical (unpaired) electrons. The number of halogens is 1. The zero-order chi connectivity index (χ0) is 18.9. The summed E-state index contributed by atoms with van der Waals surface area (Å²) in [4.78, 5) is 4.70. The minimum Gasteiger partial charge on any atom is -0.489 e. The molecule has 7 heteroatoms. The van der Waals surface area contributed by atoms with Crippen molar-refractivity contribution in [3.63, 3.8) is 0 Å². The Morgan fingerprint density at radius 3 is 2.67 bits per heavy atom. The minimum absolute atomic E-state index is 0. The molecule has 1 aromatic heterocycles. The number of guanidine groups is 1. The molecule has 0 atom stereocenters. The molecular formula is C20H30IN5O. The van der Waals surface area contributed by atoms with Crippen LogP contribution in [0.1, 0.15) is 29.4 Å². The molecule has 0 amide bonds. The SMILES string of the molecule is C=CCOc1ccccc1CN=C(NCC)NCc1c(C)nn(C)c1C.I. The van der Waals surface area contributed by atoms with Crippen LogP contribution in [-0.4, -0.2) is 28.9 Å². The molecule has 0 fully saturated rings. The lowest BCUT2D eigenvalue weighted by Gasteiger charge is -2.13. The lowest BCUT2D eigenvalue weighted by molar-refractivity contribution is 0.359. The van der Waals surface area contributed by atoms with E-state index in [2.05, 4.69) is 36.2 Å². The molecule has 0 aliphatic carbocycles. The van der Waals surface area contributed by atoms with Gasteiger partial charge in [-0.2, -0.15) is 5.10 Å². The van der Waals surface area contributed by atoms with E-state index in [1.54, 1.807) is 6.08 Å². The molecule has 0 bridgehead atoms. The van der Waals surface area contributed by atoms with Gasteiger partial charge in [-0.05, 0) is 26.8 Å². The van der Waals surface area contributed by atoms with Crippen LogP contribution in [0.25, 0.3) is 0 Å². The first kappa shape index (κ1) is 23.0. The number of aliphatic imine (C=N–C) groups is 1. The second kappa shape index (κ2) is 11.6. The van der Waals surface area contributed by atoms with E-state index in [4.69, 9.17) is 9.73 Å². The molecule has 27 heavy (non-hydrogen) atoms. The second-order valence-corrected chi connectivity index (χ2v) is 6.03. The number of nitrogens with zero attached hydrogens (tertiary/aromatic N) is 3. The standard InChI is InChI=1S/C20H29N5O.HI/c1-6-12-26-19-11-9-8-10-17(19)13-22-20(21-7-2)23-14-18-15(3)24-25(5)16(18)4;/h6,8-11H,1,7,12-14H2,2-5H3,(H2,21,22,23);1H. The van der Waals surface area contributed by atoms with E-state index in [0.29, 0.717) is 19.7 Å². The van der Waals surface area contributed by atoms with Crippen molar-refractivity contribution in [2.45, 2.75) is 33.9 Å². The summed E-state index contributed by atoms with van der Waals surface area (Å²) in [7, 11) is 1.96. The van der Waals surface area contributed by atoms with Crippen molar-refractivity contribution in [3.8, 4) is 5.75 Å². The zero-order valence-electron chi connectivity index (χ0n) is 16.6. The maximum absolute atomic E-state index is 5.70. The Morgan fingerprint density at radius 1 is 1.30 bits per heavy atom. The third-order valence-electron chi connectivity index (χ3n) is 4.17. The summed E-state index contributed by atoms with van der Waals surface area (Å²) in [5, 5.41) is 11.1. The van der Waals surface area contributed by atoms with Crippen LogP contribution in [0.4, 0.5) is 0 Å². The van der Waals surface area contributed by atoms with Crippen molar-refractivity contribution in [3.05, 3.63) is 59.4 Å². The number of hydrogen-bond acceptors (Lipinski definition) is 3. The molecule has 1 heterocycles. The van der Waals surface area contributed by atoms with Crippen molar-refractivity contribution < 1.29 is 4.74 Å². The highest BCUT2D eigenvalue weighted by Gasteiger charge is 2.10. The molecule has 0 spiro atoms. The third-order valence-corrected chi connectivity index (χ3v) is 4.17. The first-order valence-corrected chi connectivity index (χ1v) is 8.89. The smallest absolute Gasteiger partial charge is 0.191 e. The van der Waals surface area contributed by atoms with E-state index in [-0.39, 0.29) is 24.0 Å². The Labute approximate surface area is 179 Å². The van der Waals surface area contributed by atoms with E-state index in [1.165, 1.54) is 5.56 Å². The van der Waals surface area contributed by atoms with Crippen LogP contribution in [0.5, 0.6) is 5.75 Å². The van der Waals surface area contributed by atoms with Gasteiger partial charge in [0.2, 0.25) is 0 Å². The summed E-state index contributed by atoms with van der Waals surface area (Å²) in [6.07, 6.45) is 1.74. The number of para-hydroxylation sites is 1. The van der Waals surface area contributed by atoms with Gasteiger partial charge in [0.15, 0.2) is 5.96 Å². The third kappa shape index (κ3) is 6.57. The largest absolute Gasteiger partial charge is 0.489 e. The molecule has 2 aromatic rings. The van der Waals surface area contributed by atoms with Crippen LogP contribution in [0.3, 0.4) is 0 Å². The molecule has 0 aliphatic rings. The van der Waals surface area contributed by atoms with Crippen molar-refractivity contribution in [1.29, 1.82) is 0 Å². The number of benzene rings is 1. The van der Waals surface area contributed by atoms with Crippen LogP contribution in [0.15, 0.2) is 41.9 Å². The highest BCUT2D eigenvalue weighted by molar-refractivity contribution is 14.0.